The number of H-pyrrole nitrogens is 1. The van der Waals surface area contributed by atoms with E-state index in [0.29, 0.717) is 5.02 Å². The Bertz CT molecular complexity index is 612. The molecule has 1 aliphatic heterocycles. The second-order valence-electron chi connectivity index (χ2n) is 5.37. The molecule has 3 rings (SSSR count). The smallest absolute Gasteiger partial charge is 0.256 e. The summed E-state index contributed by atoms with van der Waals surface area (Å²) in [7, 11) is 0. The number of nitrogens with one attached hydrogen (secondary N) is 1. The molecule has 2 aromatic rings. The van der Waals surface area contributed by atoms with Crippen LogP contribution >= 0.6 is 11.6 Å². The Hall–Kier alpha value is -1.48. The minimum Gasteiger partial charge on any atom is -0.360 e. The summed E-state index contributed by atoms with van der Waals surface area (Å²) in [5.41, 5.74) is 1.69. The quantitative estimate of drug-likeness (QED) is 0.847. The summed E-state index contributed by atoms with van der Waals surface area (Å²) >= 11 is 6.02. The van der Waals surface area contributed by atoms with E-state index in [9.17, 15) is 4.79 Å². The van der Waals surface area contributed by atoms with Gasteiger partial charge in [0.05, 0.1) is 5.56 Å². The van der Waals surface area contributed by atoms with E-state index in [1.807, 2.05) is 23.1 Å². The van der Waals surface area contributed by atoms with Crippen LogP contribution in [0.25, 0.3) is 10.9 Å². The lowest BCUT2D eigenvalue weighted by Gasteiger charge is -2.30. The number of halogens is 1. The lowest BCUT2D eigenvalue weighted by Crippen LogP contribution is -2.37. The molecule has 1 saturated heterocycles. The Morgan fingerprint density at radius 3 is 2.84 bits per heavy atom. The molecular weight excluding hydrogens is 260 g/mol. The number of aromatic amines is 1. The first-order valence-electron chi connectivity index (χ1n) is 6.71. The maximum Gasteiger partial charge on any atom is 0.256 e. The van der Waals surface area contributed by atoms with Gasteiger partial charge in [0.2, 0.25) is 0 Å². The van der Waals surface area contributed by atoms with Gasteiger partial charge in [-0.05, 0) is 37.0 Å². The Morgan fingerprint density at radius 2 is 2.11 bits per heavy atom. The molecule has 2 heterocycles. The van der Waals surface area contributed by atoms with E-state index >= 15 is 0 Å². The number of piperidine rings is 1. The van der Waals surface area contributed by atoms with Crippen molar-refractivity contribution in [2.24, 2.45) is 5.92 Å². The van der Waals surface area contributed by atoms with Crippen molar-refractivity contribution in [3.8, 4) is 0 Å². The zero-order chi connectivity index (χ0) is 13.4. The van der Waals surface area contributed by atoms with Crippen molar-refractivity contribution < 1.29 is 4.79 Å². The van der Waals surface area contributed by atoms with Crippen molar-refractivity contribution in [2.75, 3.05) is 13.1 Å². The number of nitrogens with zero attached hydrogens (tertiary/aromatic N) is 1. The van der Waals surface area contributed by atoms with Gasteiger partial charge in [0.1, 0.15) is 0 Å². The number of rotatable bonds is 1. The molecule has 1 fully saturated rings. The van der Waals surface area contributed by atoms with Crippen LogP contribution in [0.3, 0.4) is 0 Å². The molecule has 0 radical (unpaired) electrons. The summed E-state index contributed by atoms with van der Waals surface area (Å²) in [6.45, 7) is 3.95. The molecule has 0 aliphatic carbocycles. The van der Waals surface area contributed by atoms with Gasteiger partial charge in [-0.2, -0.15) is 0 Å². The second-order valence-corrected chi connectivity index (χ2v) is 5.80. The summed E-state index contributed by atoms with van der Waals surface area (Å²) in [4.78, 5) is 17.6. The minimum atomic E-state index is 0.111. The molecule has 0 atom stereocenters. The van der Waals surface area contributed by atoms with E-state index in [1.165, 1.54) is 0 Å². The fourth-order valence-corrected chi connectivity index (χ4v) is 2.82. The number of fused-ring (bicyclic) bond motifs is 1. The highest BCUT2D eigenvalue weighted by molar-refractivity contribution is 6.31. The van der Waals surface area contributed by atoms with Crippen LogP contribution in [0.15, 0.2) is 24.4 Å². The first-order chi connectivity index (χ1) is 9.15. The number of aromatic nitrogens is 1. The maximum absolute atomic E-state index is 12.6. The zero-order valence-electron chi connectivity index (χ0n) is 10.9. The molecule has 1 aromatic heterocycles. The molecule has 0 saturated carbocycles. The van der Waals surface area contributed by atoms with Crippen LogP contribution in [0.1, 0.15) is 30.1 Å². The summed E-state index contributed by atoms with van der Waals surface area (Å²) in [6, 6.07) is 5.59. The molecule has 0 spiro atoms. The van der Waals surface area contributed by atoms with Gasteiger partial charge in [-0.15, -0.1) is 0 Å². The van der Waals surface area contributed by atoms with E-state index in [4.69, 9.17) is 11.6 Å². The normalized spacial score (nSPS) is 17.1. The van der Waals surface area contributed by atoms with E-state index < -0.39 is 0 Å². The topological polar surface area (TPSA) is 36.1 Å². The van der Waals surface area contributed by atoms with Crippen molar-refractivity contribution in [3.63, 3.8) is 0 Å². The molecule has 1 N–H and O–H groups in total. The molecule has 3 nitrogen and oxygen atoms in total. The van der Waals surface area contributed by atoms with Crippen molar-refractivity contribution in [1.82, 2.24) is 9.88 Å². The van der Waals surface area contributed by atoms with E-state index in [0.717, 1.165) is 48.3 Å². The first kappa shape index (κ1) is 12.5. The minimum absolute atomic E-state index is 0.111. The highest BCUT2D eigenvalue weighted by atomic mass is 35.5. The number of carbonyl (C=O) groups is 1. The van der Waals surface area contributed by atoms with Crippen molar-refractivity contribution in [1.29, 1.82) is 0 Å². The first-order valence-corrected chi connectivity index (χ1v) is 7.09. The third-order valence-corrected chi connectivity index (χ3v) is 4.18. The summed E-state index contributed by atoms with van der Waals surface area (Å²) < 4.78 is 0. The monoisotopic (exact) mass is 276 g/mol. The van der Waals surface area contributed by atoms with Gasteiger partial charge in [0.25, 0.3) is 5.91 Å². The number of carbonyl (C=O) groups excluding carboxylic acids is 1. The summed E-state index contributed by atoms with van der Waals surface area (Å²) in [5, 5.41) is 1.57. The van der Waals surface area contributed by atoms with E-state index in [-0.39, 0.29) is 5.91 Å². The van der Waals surface area contributed by atoms with Gasteiger partial charge in [-0.3, -0.25) is 4.79 Å². The Balaban J connectivity index is 1.91. The molecule has 0 bridgehead atoms. The molecule has 4 heteroatoms. The molecule has 1 aromatic carbocycles. The van der Waals surface area contributed by atoms with Crippen LogP contribution in [0, 0.1) is 5.92 Å². The van der Waals surface area contributed by atoms with Gasteiger partial charge >= 0.3 is 0 Å². The number of hydrogen-bond acceptors (Lipinski definition) is 1. The van der Waals surface area contributed by atoms with Crippen molar-refractivity contribution in [3.05, 3.63) is 35.0 Å². The number of benzene rings is 1. The maximum atomic E-state index is 12.6. The van der Waals surface area contributed by atoms with Crippen LogP contribution in [0.2, 0.25) is 5.02 Å². The Morgan fingerprint density at radius 1 is 1.37 bits per heavy atom. The number of amides is 1. The van der Waals surface area contributed by atoms with E-state index in [1.54, 1.807) is 6.20 Å². The Kier molecular flexibility index (Phi) is 3.23. The number of hydrogen-bond donors (Lipinski definition) is 1. The van der Waals surface area contributed by atoms with E-state index in [2.05, 4.69) is 11.9 Å². The molecular formula is C15H17ClN2O. The van der Waals surface area contributed by atoms with Crippen LogP contribution in [-0.2, 0) is 0 Å². The predicted octanol–water partition coefficient (Wildman–Crippen LogP) is 3.69. The third kappa shape index (κ3) is 2.35. The van der Waals surface area contributed by atoms with Crippen LogP contribution in [0.4, 0.5) is 0 Å². The zero-order valence-corrected chi connectivity index (χ0v) is 11.7. The highest BCUT2D eigenvalue weighted by Gasteiger charge is 2.23. The average molecular weight is 277 g/mol. The lowest BCUT2D eigenvalue weighted by molar-refractivity contribution is 0.0699. The van der Waals surface area contributed by atoms with Gasteiger partial charge in [0.15, 0.2) is 0 Å². The van der Waals surface area contributed by atoms with Gasteiger partial charge < -0.3 is 9.88 Å². The number of likely N-dealkylation sites (tertiary alicyclic amines) is 1. The van der Waals surface area contributed by atoms with Crippen LogP contribution < -0.4 is 0 Å². The average Bonchev–Trinajstić information content (AvgIpc) is 2.81. The van der Waals surface area contributed by atoms with Gasteiger partial charge in [-0.25, -0.2) is 0 Å². The highest BCUT2D eigenvalue weighted by Crippen LogP contribution is 2.25. The van der Waals surface area contributed by atoms with Gasteiger partial charge in [0, 0.05) is 35.2 Å². The SMILES string of the molecule is CC1CCN(C(=O)c2c[nH]c3ccc(Cl)cc23)CC1. The van der Waals surface area contributed by atoms with Crippen molar-refractivity contribution in [2.45, 2.75) is 19.8 Å². The molecule has 0 unspecified atom stereocenters. The lowest BCUT2D eigenvalue weighted by atomic mass is 9.98. The second kappa shape index (κ2) is 4.89. The predicted molar refractivity (Wildman–Crippen MR) is 77.6 cm³/mol. The summed E-state index contributed by atoms with van der Waals surface area (Å²) in [5.74, 6) is 0.835. The molecule has 1 amide bonds. The fraction of sp³-hybridized carbons (Fsp3) is 0.400. The standard InChI is InChI=1S/C15H17ClN2O/c1-10-4-6-18(7-5-10)15(19)13-9-17-14-3-2-11(16)8-12(13)14/h2-3,8-10,17H,4-7H2,1H3. The van der Waals surface area contributed by atoms with Crippen LogP contribution in [-0.4, -0.2) is 28.9 Å². The van der Waals surface area contributed by atoms with Crippen LogP contribution in [0.5, 0.6) is 0 Å². The third-order valence-electron chi connectivity index (χ3n) is 3.95. The van der Waals surface area contributed by atoms with Gasteiger partial charge in [-0.1, -0.05) is 18.5 Å². The van der Waals surface area contributed by atoms with Crippen molar-refractivity contribution >= 4 is 28.4 Å². The summed E-state index contributed by atoms with van der Waals surface area (Å²) in [6.07, 6.45) is 3.98. The molecule has 19 heavy (non-hydrogen) atoms. The molecule has 100 valence electrons. The largest absolute Gasteiger partial charge is 0.360 e. The fourth-order valence-electron chi connectivity index (χ4n) is 2.65. The molecule has 1 aliphatic rings. The Labute approximate surface area is 117 Å².